The summed E-state index contributed by atoms with van der Waals surface area (Å²) in [6.07, 6.45) is 0.867. The summed E-state index contributed by atoms with van der Waals surface area (Å²) in [5.74, 6) is -1.17. The van der Waals surface area contributed by atoms with Crippen molar-refractivity contribution in [1.82, 2.24) is 10.2 Å². The highest BCUT2D eigenvalue weighted by molar-refractivity contribution is 5.96. The maximum absolute atomic E-state index is 11.9. The third-order valence-corrected chi connectivity index (χ3v) is 2.78. The van der Waals surface area contributed by atoms with Gasteiger partial charge in [-0.15, -0.1) is 0 Å². The van der Waals surface area contributed by atoms with Gasteiger partial charge in [-0.05, 0) is 58.3 Å². The number of nitrogens with zero attached hydrogens (tertiary/aromatic N) is 1. The first kappa shape index (κ1) is 15.2. The van der Waals surface area contributed by atoms with Crippen molar-refractivity contribution in [1.29, 1.82) is 0 Å². The molecule has 0 bridgehead atoms. The van der Waals surface area contributed by atoms with Crippen LogP contribution in [0.1, 0.15) is 34.1 Å². The van der Waals surface area contributed by atoms with Crippen LogP contribution in [0.15, 0.2) is 24.3 Å². The molecule has 1 aromatic rings. The van der Waals surface area contributed by atoms with Gasteiger partial charge in [-0.3, -0.25) is 4.79 Å². The fourth-order valence-electron chi connectivity index (χ4n) is 1.60. The van der Waals surface area contributed by atoms with Crippen LogP contribution in [0.2, 0.25) is 0 Å². The number of nitrogens with one attached hydrogen (secondary N) is 1. The van der Waals surface area contributed by atoms with Crippen LogP contribution in [-0.4, -0.2) is 48.6 Å². The SMILES string of the molecule is CC(CCN(C)C)NC(=O)c1ccc(C(=O)O)cc1. The molecular weight excluding hydrogens is 244 g/mol. The van der Waals surface area contributed by atoms with Gasteiger partial charge in [-0.1, -0.05) is 0 Å². The maximum atomic E-state index is 11.9. The zero-order valence-electron chi connectivity index (χ0n) is 11.5. The topological polar surface area (TPSA) is 69.6 Å². The van der Waals surface area contributed by atoms with Crippen LogP contribution in [0.25, 0.3) is 0 Å². The smallest absolute Gasteiger partial charge is 0.335 e. The lowest BCUT2D eigenvalue weighted by atomic mass is 10.1. The Morgan fingerprint density at radius 3 is 2.21 bits per heavy atom. The lowest BCUT2D eigenvalue weighted by Crippen LogP contribution is -2.34. The quantitative estimate of drug-likeness (QED) is 0.816. The third kappa shape index (κ3) is 5.09. The molecule has 0 radical (unpaired) electrons. The fraction of sp³-hybridized carbons (Fsp3) is 0.429. The van der Waals surface area contributed by atoms with Gasteiger partial charge in [0.2, 0.25) is 0 Å². The van der Waals surface area contributed by atoms with Crippen molar-refractivity contribution in [3.8, 4) is 0 Å². The molecule has 0 aliphatic rings. The van der Waals surface area contributed by atoms with Crippen molar-refractivity contribution in [3.05, 3.63) is 35.4 Å². The lowest BCUT2D eigenvalue weighted by Gasteiger charge is -2.16. The van der Waals surface area contributed by atoms with Crippen molar-refractivity contribution in [3.63, 3.8) is 0 Å². The Balaban J connectivity index is 2.55. The van der Waals surface area contributed by atoms with Crippen LogP contribution >= 0.6 is 0 Å². The van der Waals surface area contributed by atoms with Gasteiger partial charge in [0.1, 0.15) is 0 Å². The van der Waals surface area contributed by atoms with Gasteiger partial charge in [-0.2, -0.15) is 0 Å². The molecule has 1 unspecified atom stereocenters. The normalized spacial score (nSPS) is 12.2. The lowest BCUT2D eigenvalue weighted by molar-refractivity contribution is 0.0696. The Hall–Kier alpha value is -1.88. The second kappa shape index (κ2) is 6.89. The monoisotopic (exact) mass is 264 g/mol. The number of carboxylic acids is 1. The zero-order valence-corrected chi connectivity index (χ0v) is 11.5. The second-order valence-electron chi connectivity index (χ2n) is 4.85. The van der Waals surface area contributed by atoms with E-state index < -0.39 is 5.97 Å². The summed E-state index contributed by atoms with van der Waals surface area (Å²) in [5.41, 5.74) is 0.652. The van der Waals surface area contributed by atoms with Crippen LogP contribution in [0.5, 0.6) is 0 Å². The third-order valence-electron chi connectivity index (χ3n) is 2.78. The van der Waals surface area contributed by atoms with E-state index in [9.17, 15) is 9.59 Å². The average molecular weight is 264 g/mol. The molecule has 1 atom stereocenters. The molecule has 0 spiro atoms. The van der Waals surface area contributed by atoms with Crippen molar-refractivity contribution in [2.24, 2.45) is 0 Å². The van der Waals surface area contributed by atoms with E-state index in [-0.39, 0.29) is 17.5 Å². The Labute approximate surface area is 113 Å². The molecular formula is C14H20N2O3. The predicted molar refractivity (Wildman–Crippen MR) is 73.5 cm³/mol. The molecule has 19 heavy (non-hydrogen) atoms. The summed E-state index contributed by atoms with van der Waals surface area (Å²) in [6.45, 7) is 2.85. The Kier molecular flexibility index (Phi) is 5.51. The first-order valence-corrected chi connectivity index (χ1v) is 6.19. The summed E-state index contributed by atoms with van der Waals surface area (Å²) in [5, 5.41) is 11.7. The van der Waals surface area contributed by atoms with E-state index in [0.717, 1.165) is 13.0 Å². The van der Waals surface area contributed by atoms with Gasteiger partial charge in [0.15, 0.2) is 0 Å². The van der Waals surface area contributed by atoms with E-state index in [4.69, 9.17) is 5.11 Å². The molecule has 0 fully saturated rings. The minimum atomic E-state index is -0.994. The predicted octanol–water partition coefficient (Wildman–Crippen LogP) is 1.45. The number of amides is 1. The molecule has 1 amide bonds. The van der Waals surface area contributed by atoms with Crippen molar-refractivity contribution >= 4 is 11.9 Å². The van der Waals surface area contributed by atoms with E-state index in [1.165, 1.54) is 24.3 Å². The number of hydrogen-bond acceptors (Lipinski definition) is 3. The van der Waals surface area contributed by atoms with Gasteiger partial charge in [-0.25, -0.2) is 4.79 Å². The number of aromatic carboxylic acids is 1. The van der Waals surface area contributed by atoms with Gasteiger partial charge < -0.3 is 15.3 Å². The first-order valence-electron chi connectivity index (χ1n) is 6.19. The van der Waals surface area contributed by atoms with Crippen molar-refractivity contribution in [2.75, 3.05) is 20.6 Å². The van der Waals surface area contributed by atoms with Gasteiger partial charge in [0.05, 0.1) is 5.56 Å². The summed E-state index contributed by atoms with van der Waals surface area (Å²) < 4.78 is 0. The Morgan fingerprint density at radius 2 is 1.74 bits per heavy atom. The van der Waals surface area contributed by atoms with Crippen molar-refractivity contribution in [2.45, 2.75) is 19.4 Å². The van der Waals surface area contributed by atoms with E-state index in [1.54, 1.807) is 0 Å². The molecule has 1 rings (SSSR count). The number of benzene rings is 1. The van der Waals surface area contributed by atoms with Crippen LogP contribution in [0, 0.1) is 0 Å². The minimum Gasteiger partial charge on any atom is -0.478 e. The van der Waals surface area contributed by atoms with Crippen LogP contribution < -0.4 is 5.32 Å². The molecule has 0 saturated heterocycles. The molecule has 0 heterocycles. The largest absolute Gasteiger partial charge is 0.478 e. The standard InChI is InChI=1S/C14H20N2O3/c1-10(8-9-16(2)3)15-13(17)11-4-6-12(7-5-11)14(18)19/h4-7,10H,8-9H2,1-3H3,(H,15,17)(H,18,19). The van der Waals surface area contributed by atoms with E-state index in [0.29, 0.717) is 5.56 Å². The highest BCUT2D eigenvalue weighted by Crippen LogP contribution is 2.05. The highest BCUT2D eigenvalue weighted by atomic mass is 16.4. The molecule has 5 heteroatoms. The summed E-state index contributed by atoms with van der Waals surface area (Å²) in [7, 11) is 3.97. The van der Waals surface area contributed by atoms with E-state index in [1.807, 2.05) is 21.0 Å². The fourth-order valence-corrected chi connectivity index (χ4v) is 1.60. The first-order chi connectivity index (χ1) is 8.90. The number of carbonyl (C=O) groups is 2. The molecule has 0 saturated carbocycles. The maximum Gasteiger partial charge on any atom is 0.335 e. The molecule has 0 aliphatic carbocycles. The zero-order chi connectivity index (χ0) is 14.4. The number of rotatable bonds is 6. The molecule has 2 N–H and O–H groups in total. The molecule has 5 nitrogen and oxygen atoms in total. The van der Waals surface area contributed by atoms with Crippen LogP contribution in [0.4, 0.5) is 0 Å². The number of hydrogen-bond donors (Lipinski definition) is 2. The van der Waals surface area contributed by atoms with Crippen LogP contribution in [-0.2, 0) is 0 Å². The Morgan fingerprint density at radius 1 is 1.21 bits per heavy atom. The summed E-state index contributed by atoms with van der Waals surface area (Å²) in [4.78, 5) is 24.7. The molecule has 0 aliphatic heterocycles. The molecule has 0 aromatic heterocycles. The van der Waals surface area contributed by atoms with E-state index in [2.05, 4.69) is 10.2 Å². The number of carboxylic acid groups (broad SMARTS) is 1. The molecule has 104 valence electrons. The van der Waals surface area contributed by atoms with Gasteiger partial charge in [0, 0.05) is 11.6 Å². The van der Waals surface area contributed by atoms with Gasteiger partial charge in [0.25, 0.3) is 5.91 Å². The summed E-state index contributed by atoms with van der Waals surface area (Å²) >= 11 is 0. The van der Waals surface area contributed by atoms with E-state index >= 15 is 0 Å². The van der Waals surface area contributed by atoms with Gasteiger partial charge >= 0.3 is 5.97 Å². The number of carbonyl (C=O) groups excluding carboxylic acids is 1. The van der Waals surface area contributed by atoms with Crippen LogP contribution in [0.3, 0.4) is 0 Å². The molecule has 1 aromatic carbocycles. The minimum absolute atomic E-state index is 0.0778. The Bertz CT molecular complexity index is 441. The average Bonchev–Trinajstić information content (AvgIpc) is 2.36. The summed E-state index contributed by atoms with van der Waals surface area (Å²) in [6, 6.07) is 5.99. The van der Waals surface area contributed by atoms with Crippen molar-refractivity contribution < 1.29 is 14.7 Å². The highest BCUT2D eigenvalue weighted by Gasteiger charge is 2.11. The second-order valence-corrected chi connectivity index (χ2v) is 4.85.